The van der Waals surface area contributed by atoms with Crippen molar-refractivity contribution in [1.29, 1.82) is 0 Å². The van der Waals surface area contributed by atoms with Crippen LogP contribution in [0.5, 0.6) is 0 Å². The van der Waals surface area contributed by atoms with Crippen LogP contribution >= 0.6 is 0 Å². The van der Waals surface area contributed by atoms with E-state index in [-0.39, 0.29) is 18.8 Å². The van der Waals surface area contributed by atoms with E-state index in [9.17, 15) is 18.3 Å². The second-order valence-corrected chi connectivity index (χ2v) is 7.36. The molecule has 0 saturated carbocycles. The average molecular weight is 424 g/mol. The summed E-state index contributed by atoms with van der Waals surface area (Å²) in [5, 5.41) is 32.2. The Labute approximate surface area is 170 Å². The fraction of sp³-hybridized carbons (Fsp3) is 0.474. The Kier molecular flexibility index (Phi) is 5.43. The quantitative estimate of drug-likeness (QED) is 0.471. The van der Waals surface area contributed by atoms with E-state index < -0.39 is 17.8 Å². The molecule has 1 saturated heterocycles. The number of H-pyrrole nitrogens is 1. The number of aromatic amines is 1. The highest BCUT2D eigenvalue weighted by molar-refractivity contribution is 6.07. The lowest BCUT2D eigenvalue weighted by atomic mass is 10.1. The van der Waals surface area contributed by atoms with Gasteiger partial charge in [0.05, 0.1) is 40.5 Å². The van der Waals surface area contributed by atoms with Crippen molar-refractivity contribution in [1.82, 2.24) is 15.5 Å². The number of hydrogen-bond acceptors (Lipinski definition) is 6. The number of aromatic nitrogens is 2. The molecule has 8 nitrogen and oxygen atoms in total. The summed E-state index contributed by atoms with van der Waals surface area (Å²) in [6.45, 7) is 2.44. The van der Waals surface area contributed by atoms with Crippen LogP contribution < -0.4 is 15.5 Å². The lowest BCUT2D eigenvalue weighted by molar-refractivity contribution is -0.137. The molecule has 162 valence electrons. The highest BCUT2D eigenvalue weighted by Crippen LogP contribution is 2.43. The van der Waals surface area contributed by atoms with Crippen LogP contribution in [0.4, 0.5) is 24.5 Å². The zero-order valence-electron chi connectivity index (χ0n) is 16.2. The summed E-state index contributed by atoms with van der Waals surface area (Å²) >= 11 is 0. The number of anilines is 2. The molecule has 0 amide bonds. The van der Waals surface area contributed by atoms with Gasteiger partial charge in [0.25, 0.3) is 0 Å². The third-order valence-electron chi connectivity index (χ3n) is 5.25. The summed E-state index contributed by atoms with van der Waals surface area (Å²) in [5.41, 5.74) is 1.41. The van der Waals surface area contributed by atoms with Crippen LogP contribution in [0, 0.1) is 0 Å². The van der Waals surface area contributed by atoms with Crippen LogP contribution in [0.2, 0.25) is 0 Å². The Hall–Kier alpha value is -2.63. The third kappa shape index (κ3) is 3.75. The van der Waals surface area contributed by atoms with Crippen molar-refractivity contribution < 1.29 is 23.4 Å². The molecule has 1 aromatic carbocycles. The van der Waals surface area contributed by atoms with E-state index in [4.69, 9.17) is 5.11 Å². The first kappa shape index (κ1) is 20.6. The van der Waals surface area contributed by atoms with Gasteiger partial charge in [-0.1, -0.05) is 0 Å². The molecule has 3 unspecified atom stereocenters. The van der Waals surface area contributed by atoms with Crippen LogP contribution in [-0.2, 0) is 6.18 Å². The van der Waals surface area contributed by atoms with Gasteiger partial charge in [0.2, 0.25) is 0 Å². The molecule has 3 atom stereocenters. The van der Waals surface area contributed by atoms with Gasteiger partial charge in [-0.25, -0.2) is 0 Å². The molecular weight excluding hydrogens is 401 g/mol. The second kappa shape index (κ2) is 7.89. The van der Waals surface area contributed by atoms with Gasteiger partial charge in [-0.05, 0) is 37.6 Å². The van der Waals surface area contributed by atoms with E-state index in [0.29, 0.717) is 42.4 Å². The summed E-state index contributed by atoms with van der Waals surface area (Å²) < 4.78 is 39.7. The molecular formula is C19H23F3N6O2. The van der Waals surface area contributed by atoms with Crippen molar-refractivity contribution in [2.45, 2.75) is 37.8 Å². The van der Waals surface area contributed by atoms with E-state index in [2.05, 4.69) is 25.8 Å². The zero-order valence-corrected chi connectivity index (χ0v) is 16.2. The molecule has 2 aromatic rings. The van der Waals surface area contributed by atoms with Crippen molar-refractivity contribution in [2.75, 3.05) is 29.9 Å². The minimum atomic E-state index is -4.46. The maximum atomic E-state index is 13.2. The van der Waals surface area contributed by atoms with Crippen LogP contribution in [0.15, 0.2) is 29.3 Å². The fourth-order valence-electron chi connectivity index (χ4n) is 3.77. The number of hydrogen-bond donors (Lipinski definition) is 5. The maximum Gasteiger partial charge on any atom is 0.416 e. The van der Waals surface area contributed by atoms with Gasteiger partial charge < -0.3 is 20.4 Å². The number of alkyl halides is 3. The summed E-state index contributed by atoms with van der Waals surface area (Å²) in [7, 11) is 0. The topological polar surface area (TPSA) is 109 Å². The first-order valence-corrected chi connectivity index (χ1v) is 9.68. The number of nitrogens with one attached hydrogen (secondary N) is 3. The largest absolute Gasteiger partial charge is 0.416 e. The van der Waals surface area contributed by atoms with Crippen molar-refractivity contribution in [3.05, 3.63) is 41.2 Å². The molecule has 0 bridgehead atoms. The molecule has 30 heavy (non-hydrogen) atoms. The first-order chi connectivity index (χ1) is 14.3. The zero-order chi connectivity index (χ0) is 21.5. The third-order valence-corrected chi connectivity index (χ3v) is 5.25. The molecule has 5 N–H and O–H groups in total. The average Bonchev–Trinajstić information content (AvgIpc) is 3.34. The monoisotopic (exact) mass is 424 g/mol. The van der Waals surface area contributed by atoms with Crippen molar-refractivity contribution >= 4 is 17.2 Å². The molecule has 2 aliphatic heterocycles. The normalized spacial score (nSPS) is 23.3. The highest BCUT2D eigenvalue weighted by Gasteiger charge is 2.43. The Bertz CT molecular complexity index is 943. The molecule has 4 rings (SSSR count). The van der Waals surface area contributed by atoms with Gasteiger partial charge in [-0.15, -0.1) is 0 Å². The number of halogens is 3. The lowest BCUT2D eigenvalue weighted by Gasteiger charge is -2.38. The summed E-state index contributed by atoms with van der Waals surface area (Å²) in [6.07, 6.45) is -5.11. The lowest BCUT2D eigenvalue weighted by Crippen LogP contribution is -2.50. The van der Waals surface area contributed by atoms with Crippen molar-refractivity contribution in [3.8, 4) is 0 Å². The first-order valence-electron chi connectivity index (χ1n) is 9.68. The molecule has 11 heteroatoms. The van der Waals surface area contributed by atoms with E-state index in [1.54, 1.807) is 13.0 Å². The van der Waals surface area contributed by atoms with Gasteiger partial charge in [-0.3, -0.25) is 15.4 Å². The van der Waals surface area contributed by atoms with E-state index in [1.807, 2.05) is 4.90 Å². The molecule has 0 radical (unpaired) electrons. The van der Waals surface area contributed by atoms with Gasteiger partial charge in [0.1, 0.15) is 12.0 Å². The molecule has 0 aliphatic carbocycles. The maximum absolute atomic E-state index is 13.2. The van der Waals surface area contributed by atoms with Gasteiger partial charge >= 0.3 is 6.18 Å². The Morgan fingerprint density at radius 3 is 2.80 bits per heavy atom. The number of rotatable bonds is 5. The predicted molar refractivity (Wildman–Crippen MR) is 105 cm³/mol. The van der Waals surface area contributed by atoms with Gasteiger partial charge in [0, 0.05) is 19.7 Å². The predicted octanol–water partition coefficient (Wildman–Crippen LogP) is 2.17. The van der Waals surface area contributed by atoms with Crippen LogP contribution in [0.25, 0.3) is 0 Å². The van der Waals surface area contributed by atoms with E-state index >= 15 is 0 Å². The highest BCUT2D eigenvalue weighted by atomic mass is 19.4. The van der Waals surface area contributed by atoms with Crippen LogP contribution in [0.3, 0.4) is 0 Å². The van der Waals surface area contributed by atoms with E-state index in [0.717, 1.165) is 17.8 Å². The number of fused-ring (bicyclic) bond motifs is 3. The molecule has 3 heterocycles. The van der Waals surface area contributed by atoms with E-state index in [1.165, 1.54) is 6.07 Å². The number of aliphatic hydroxyl groups is 2. The van der Waals surface area contributed by atoms with Crippen LogP contribution in [-0.4, -0.2) is 52.1 Å². The fourth-order valence-corrected chi connectivity index (χ4v) is 3.77. The second-order valence-electron chi connectivity index (χ2n) is 7.36. The summed E-state index contributed by atoms with van der Waals surface area (Å²) in [4.78, 5) is 6.42. The Morgan fingerprint density at radius 2 is 2.13 bits per heavy atom. The van der Waals surface area contributed by atoms with Crippen LogP contribution in [0.1, 0.15) is 42.4 Å². The standard InChI is InChI=1S/C19H23F3N6O2/c1-10(30)12-8-14(27-26-12)16-9-24-18-17(23-5-2-6-29)25-13-7-11(19(20,21)22)3-4-15(13)28(16)18/h3-4,7-8,10,16,18,24,29-30H,2,5-6,9H2,1H3,(H,23,25)(H,26,27). The Balaban J connectivity index is 1.75. The Morgan fingerprint density at radius 1 is 1.33 bits per heavy atom. The number of benzene rings is 1. The number of aliphatic hydroxyl groups excluding tert-OH is 2. The summed E-state index contributed by atoms with van der Waals surface area (Å²) in [5.74, 6) is 0.494. The molecule has 1 aromatic heterocycles. The number of amidine groups is 1. The molecule has 2 aliphatic rings. The minimum absolute atomic E-state index is 0.0215. The minimum Gasteiger partial charge on any atom is -0.396 e. The molecule has 1 fully saturated rings. The smallest absolute Gasteiger partial charge is 0.396 e. The number of nitrogens with zero attached hydrogens (tertiary/aromatic N) is 3. The number of aliphatic imine (C=N–C) groups is 1. The summed E-state index contributed by atoms with van der Waals surface area (Å²) in [6, 6.07) is 5.12. The van der Waals surface area contributed by atoms with Gasteiger partial charge in [-0.2, -0.15) is 18.3 Å². The van der Waals surface area contributed by atoms with Crippen molar-refractivity contribution in [3.63, 3.8) is 0 Å². The van der Waals surface area contributed by atoms with Crippen molar-refractivity contribution in [2.24, 2.45) is 4.99 Å². The molecule has 0 spiro atoms. The SMILES string of the molecule is CC(O)c1cc(C2CNC3C(=NCCCO)Nc4cc(C(F)(F)F)ccc4N32)[nH]n1. The van der Waals surface area contributed by atoms with Gasteiger partial charge in [0.15, 0.2) is 0 Å².